The van der Waals surface area contributed by atoms with Gasteiger partial charge in [0.25, 0.3) is 5.56 Å². The monoisotopic (exact) mass is 471 g/mol. The average molecular weight is 472 g/mol. The Kier molecular flexibility index (Phi) is 6.11. The topological polar surface area (TPSA) is 82.1 Å². The van der Waals surface area contributed by atoms with Gasteiger partial charge in [-0.3, -0.25) is 14.2 Å². The molecule has 0 spiro atoms. The summed E-state index contributed by atoms with van der Waals surface area (Å²) in [6, 6.07) is 17.7. The summed E-state index contributed by atoms with van der Waals surface area (Å²) >= 11 is 0. The smallest absolute Gasteiger partial charge is 0.333 e. The molecule has 0 aliphatic heterocycles. The molecule has 1 atom stereocenters. The molecule has 4 aromatic rings. The Morgan fingerprint density at radius 3 is 2.57 bits per heavy atom. The molecule has 0 saturated carbocycles. The molecular weight excluding hydrogens is 442 g/mol. The number of amides is 1. The maximum absolute atomic E-state index is 13.5. The molecule has 1 aliphatic rings. The van der Waals surface area contributed by atoms with E-state index in [-0.39, 0.29) is 25.0 Å². The summed E-state index contributed by atoms with van der Waals surface area (Å²) in [6.45, 7) is 2.39. The van der Waals surface area contributed by atoms with Gasteiger partial charge < -0.3 is 9.47 Å². The summed E-state index contributed by atoms with van der Waals surface area (Å²) in [5.41, 5.74) is 2.96. The van der Waals surface area contributed by atoms with E-state index in [1.807, 2.05) is 49.4 Å². The van der Waals surface area contributed by atoms with Gasteiger partial charge in [0.15, 0.2) is 11.2 Å². The van der Waals surface area contributed by atoms with Gasteiger partial charge in [0.05, 0.1) is 18.9 Å². The lowest BCUT2D eigenvalue weighted by Gasteiger charge is -2.33. The predicted octanol–water partition coefficient (Wildman–Crippen LogP) is 2.96. The Bertz CT molecular complexity index is 1500. The number of aromatic nitrogens is 4. The fourth-order valence-electron chi connectivity index (χ4n) is 5.08. The summed E-state index contributed by atoms with van der Waals surface area (Å²) in [7, 11) is 1.76. The Morgan fingerprint density at radius 1 is 1.06 bits per heavy atom. The van der Waals surface area contributed by atoms with Gasteiger partial charge in [-0.25, -0.2) is 14.3 Å². The highest BCUT2D eigenvalue weighted by Crippen LogP contribution is 2.33. The zero-order valence-corrected chi connectivity index (χ0v) is 20.1. The van der Waals surface area contributed by atoms with Crippen molar-refractivity contribution in [2.24, 2.45) is 0 Å². The Morgan fingerprint density at radius 2 is 1.80 bits per heavy atom. The third-order valence-electron chi connectivity index (χ3n) is 7.00. The van der Waals surface area contributed by atoms with Crippen LogP contribution < -0.4 is 11.2 Å². The number of benzene rings is 2. The van der Waals surface area contributed by atoms with Gasteiger partial charge in [0, 0.05) is 13.6 Å². The average Bonchev–Trinajstić information content (AvgIpc) is 3.33. The normalized spacial score (nSPS) is 15.2. The van der Waals surface area contributed by atoms with E-state index in [9.17, 15) is 14.4 Å². The van der Waals surface area contributed by atoms with Crippen molar-refractivity contribution in [1.82, 2.24) is 23.6 Å². The summed E-state index contributed by atoms with van der Waals surface area (Å²) in [4.78, 5) is 46.5. The number of likely N-dealkylation sites (N-methyl/N-ethyl adjacent to an activating group) is 1. The number of carbonyl (C=O) groups excluding carboxylic acids is 1. The van der Waals surface area contributed by atoms with E-state index in [1.165, 1.54) is 10.1 Å². The Hall–Kier alpha value is -3.94. The van der Waals surface area contributed by atoms with Crippen molar-refractivity contribution in [3.63, 3.8) is 0 Å². The highest BCUT2D eigenvalue weighted by molar-refractivity contribution is 5.77. The van der Waals surface area contributed by atoms with Crippen LogP contribution in [0.1, 0.15) is 42.5 Å². The molecule has 0 fully saturated rings. The van der Waals surface area contributed by atoms with Crippen LogP contribution in [0.5, 0.6) is 0 Å². The standard InChI is InChI=1S/C27H29N5O3/c1-3-30-18-28-25-24(30)26(34)32(27(35)31(25)16-19-10-5-4-6-11-19)17-23(33)29(2)22-15-9-13-20-12-7-8-14-21(20)22/h4-8,10-12,14,18,22H,3,9,13,15-17H2,1-2H3/t22-/m0/s1. The van der Waals surface area contributed by atoms with Crippen molar-refractivity contribution in [1.29, 1.82) is 0 Å². The SMILES string of the molecule is CCn1cnc2c1c(=O)n(CC(=O)N(C)[C@H]1CCCc3ccccc31)c(=O)n2Cc1ccccc1. The van der Waals surface area contributed by atoms with Crippen molar-refractivity contribution in [2.45, 2.75) is 51.9 Å². The molecule has 2 aromatic heterocycles. The number of hydrogen-bond donors (Lipinski definition) is 0. The number of carbonyl (C=O) groups is 1. The minimum atomic E-state index is -0.529. The summed E-state index contributed by atoms with van der Waals surface area (Å²) in [6.07, 6.45) is 4.42. The first kappa shape index (κ1) is 22.8. The lowest BCUT2D eigenvalue weighted by atomic mass is 9.87. The van der Waals surface area contributed by atoms with Crippen LogP contribution >= 0.6 is 0 Å². The van der Waals surface area contributed by atoms with Crippen molar-refractivity contribution in [2.75, 3.05) is 7.05 Å². The quantitative estimate of drug-likeness (QED) is 0.433. The second-order valence-corrected chi connectivity index (χ2v) is 9.06. The largest absolute Gasteiger partial charge is 0.337 e. The number of nitrogens with zero attached hydrogens (tertiary/aromatic N) is 5. The van der Waals surface area contributed by atoms with Crippen LogP contribution in [-0.4, -0.2) is 36.5 Å². The molecule has 180 valence electrons. The van der Waals surface area contributed by atoms with Crippen LogP contribution in [0, 0.1) is 0 Å². The lowest BCUT2D eigenvalue weighted by Crippen LogP contribution is -2.45. The highest BCUT2D eigenvalue weighted by atomic mass is 16.2. The third-order valence-corrected chi connectivity index (χ3v) is 7.00. The second kappa shape index (κ2) is 9.37. The maximum Gasteiger partial charge on any atom is 0.333 e. The van der Waals surface area contributed by atoms with Gasteiger partial charge in [-0.2, -0.15) is 0 Å². The lowest BCUT2D eigenvalue weighted by molar-refractivity contribution is -0.133. The van der Waals surface area contributed by atoms with Crippen LogP contribution in [0.4, 0.5) is 0 Å². The van der Waals surface area contributed by atoms with E-state index < -0.39 is 11.2 Å². The van der Waals surface area contributed by atoms with E-state index >= 15 is 0 Å². The Balaban J connectivity index is 1.55. The molecule has 2 heterocycles. The van der Waals surface area contributed by atoms with Gasteiger partial charge >= 0.3 is 5.69 Å². The molecule has 0 saturated heterocycles. The number of fused-ring (bicyclic) bond motifs is 2. The van der Waals surface area contributed by atoms with Crippen LogP contribution in [0.15, 0.2) is 70.5 Å². The fourth-order valence-corrected chi connectivity index (χ4v) is 5.08. The van der Waals surface area contributed by atoms with Gasteiger partial charge in [-0.05, 0) is 42.9 Å². The molecule has 5 rings (SSSR count). The van der Waals surface area contributed by atoms with E-state index in [4.69, 9.17) is 0 Å². The van der Waals surface area contributed by atoms with Crippen LogP contribution in [-0.2, 0) is 30.8 Å². The van der Waals surface area contributed by atoms with E-state index in [0.717, 1.165) is 35.0 Å². The number of hydrogen-bond acceptors (Lipinski definition) is 4. The number of aryl methyl sites for hydroxylation is 2. The fraction of sp³-hybridized carbons (Fsp3) is 0.333. The minimum absolute atomic E-state index is 0.0698. The van der Waals surface area contributed by atoms with Crippen molar-refractivity contribution in [3.05, 3.63) is 98.5 Å². The zero-order chi connectivity index (χ0) is 24.5. The maximum atomic E-state index is 13.5. The zero-order valence-electron chi connectivity index (χ0n) is 20.1. The number of imidazole rings is 1. The molecule has 1 amide bonds. The molecule has 8 nitrogen and oxygen atoms in total. The van der Waals surface area contributed by atoms with Crippen LogP contribution in [0.3, 0.4) is 0 Å². The first-order chi connectivity index (χ1) is 17.0. The molecule has 35 heavy (non-hydrogen) atoms. The van der Waals surface area contributed by atoms with Gasteiger partial charge in [-0.1, -0.05) is 54.6 Å². The van der Waals surface area contributed by atoms with Crippen LogP contribution in [0.25, 0.3) is 11.2 Å². The van der Waals surface area contributed by atoms with E-state index in [2.05, 4.69) is 17.1 Å². The second-order valence-electron chi connectivity index (χ2n) is 9.06. The number of rotatable bonds is 6. The molecule has 0 N–H and O–H groups in total. The van der Waals surface area contributed by atoms with Gasteiger partial charge in [0.2, 0.25) is 5.91 Å². The molecule has 0 radical (unpaired) electrons. The molecule has 0 bridgehead atoms. The first-order valence-corrected chi connectivity index (χ1v) is 12.1. The van der Waals surface area contributed by atoms with Crippen molar-refractivity contribution < 1.29 is 4.79 Å². The predicted molar refractivity (Wildman–Crippen MR) is 134 cm³/mol. The van der Waals surface area contributed by atoms with Gasteiger partial charge in [0.1, 0.15) is 6.54 Å². The molecule has 8 heteroatoms. The van der Waals surface area contributed by atoms with Crippen LogP contribution in [0.2, 0.25) is 0 Å². The van der Waals surface area contributed by atoms with Gasteiger partial charge in [-0.15, -0.1) is 0 Å². The molecule has 1 aliphatic carbocycles. The minimum Gasteiger partial charge on any atom is -0.337 e. The molecule has 2 aromatic carbocycles. The summed E-state index contributed by atoms with van der Waals surface area (Å²) in [5.74, 6) is -0.265. The molecular formula is C27H29N5O3. The van der Waals surface area contributed by atoms with E-state index in [0.29, 0.717) is 17.7 Å². The highest BCUT2D eigenvalue weighted by Gasteiger charge is 2.28. The molecule has 0 unspecified atom stereocenters. The third kappa shape index (κ3) is 4.09. The van der Waals surface area contributed by atoms with E-state index in [1.54, 1.807) is 22.8 Å². The first-order valence-electron chi connectivity index (χ1n) is 12.1. The van der Waals surface area contributed by atoms with Crippen molar-refractivity contribution >= 4 is 17.1 Å². The summed E-state index contributed by atoms with van der Waals surface area (Å²) < 4.78 is 4.27. The summed E-state index contributed by atoms with van der Waals surface area (Å²) in [5, 5.41) is 0. The Labute approximate surface area is 203 Å². The van der Waals surface area contributed by atoms with Crippen molar-refractivity contribution in [3.8, 4) is 0 Å².